The molecule has 0 spiro atoms. The van der Waals surface area contributed by atoms with Crippen molar-refractivity contribution in [3.63, 3.8) is 0 Å². The fourth-order valence-corrected chi connectivity index (χ4v) is 2.39. The maximum Gasteiger partial charge on any atom is 0.326 e. The lowest BCUT2D eigenvalue weighted by Gasteiger charge is -2.17. The Kier molecular flexibility index (Phi) is 7.08. The molecule has 0 fully saturated rings. The van der Waals surface area contributed by atoms with Crippen molar-refractivity contribution in [2.75, 3.05) is 12.4 Å². The molecule has 6 heteroatoms. The average Bonchev–Trinajstić information content (AvgIpc) is 2.43. The minimum atomic E-state index is -1.01. The van der Waals surface area contributed by atoms with Crippen molar-refractivity contribution in [2.45, 2.75) is 31.7 Å². The molecule has 1 rings (SSSR count). The molecule has 116 valence electrons. The van der Waals surface area contributed by atoms with Gasteiger partial charge < -0.3 is 15.2 Å². The summed E-state index contributed by atoms with van der Waals surface area (Å²) in [5.41, 5.74) is 0. The number of benzene rings is 1. The molecule has 5 nitrogen and oxygen atoms in total. The number of ether oxygens (including phenoxy) is 1. The highest BCUT2D eigenvalue weighted by molar-refractivity contribution is 8.00. The fourth-order valence-electron chi connectivity index (χ4n) is 1.68. The molecule has 1 unspecified atom stereocenters. The number of amides is 1. The molecule has 0 bridgehead atoms. The molecule has 1 amide bonds. The predicted octanol–water partition coefficient (Wildman–Crippen LogP) is 2.40. The largest absolute Gasteiger partial charge is 0.494 e. The molecule has 0 aliphatic heterocycles. The third kappa shape index (κ3) is 6.08. The number of hydrogen-bond donors (Lipinski definition) is 2. The predicted molar refractivity (Wildman–Crippen MR) is 82.7 cm³/mol. The molecular formula is C15H21NO4S. The van der Waals surface area contributed by atoms with Crippen LogP contribution in [0.4, 0.5) is 0 Å². The minimum Gasteiger partial charge on any atom is -0.494 e. The van der Waals surface area contributed by atoms with E-state index in [1.54, 1.807) is 13.8 Å². The highest BCUT2D eigenvalue weighted by atomic mass is 32.2. The lowest BCUT2D eigenvalue weighted by molar-refractivity contribution is -0.142. The van der Waals surface area contributed by atoms with Gasteiger partial charge in [-0.05, 0) is 37.1 Å². The first kappa shape index (κ1) is 17.4. The first-order chi connectivity index (χ1) is 9.93. The normalized spacial score (nSPS) is 12.0. The molecule has 0 saturated heterocycles. The second-order valence-electron chi connectivity index (χ2n) is 4.82. The van der Waals surface area contributed by atoms with Gasteiger partial charge in [0.25, 0.3) is 0 Å². The number of carbonyl (C=O) groups excluding carboxylic acids is 1. The number of carbonyl (C=O) groups is 2. The summed E-state index contributed by atoms with van der Waals surface area (Å²) in [7, 11) is 0. The van der Waals surface area contributed by atoms with Crippen molar-refractivity contribution in [2.24, 2.45) is 5.92 Å². The lowest BCUT2D eigenvalue weighted by atomic mass is 10.1. The molecule has 2 N–H and O–H groups in total. The Labute approximate surface area is 129 Å². The van der Waals surface area contributed by atoms with E-state index >= 15 is 0 Å². The van der Waals surface area contributed by atoms with Gasteiger partial charge in [-0.25, -0.2) is 4.79 Å². The third-order valence-electron chi connectivity index (χ3n) is 2.75. The molecule has 21 heavy (non-hydrogen) atoms. The number of rotatable bonds is 8. The van der Waals surface area contributed by atoms with Crippen LogP contribution in [0.25, 0.3) is 0 Å². The highest BCUT2D eigenvalue weighted by Crippen LogP contribution is 2.21. The first-order valence-electron chi connectivity index (χ1n) is 6.81. The van der Waals surface area contributed by atoms with Crippen molar-refractivity contribution in [3.05, 3.63) is 24.3 Å². The van der Waals surface area contributed by atoms with E-state index in [1.807, 2.05) is 31.2 Å². The summed E-state index contributed by atoms with van der Waals surface area (Å²) in [6.45, 7) is 6.05. The Morgan fingerprint density at radius 2 is 1.90 bits per heavy atom. The van der Waals surface area contributed by atoms with E-state index in [0.29, 0.717) is 6.61 Å². The molecule has 1 aromatic rings. The van der Waals surface area contributed by atoms with E-state index in [2.05, 4.69) is 5.32 Å². The lowest BCUT2D eigenvalue weighted by Crippen LogP contribution is -2.45. The van der Waals surface area contributed by atoms with E-state index in [-0.39, 0.29) is 17.6 Å². The van der Waals surface area contributed by atoms with Crippen molar-refractivity contribution in [3.8, 4) is 5.75 Å². The van der Waals surface area contributed by atoms with Gasteiger partial charge in [0.05, 0.1) is 12.4 Å². The van der Waals surface area contributed by atoms with Crippen LogP contribution in [0.1, 0.15) is 20.8 Å². The Balaban J connectivity index is 2.47. The van der Waals surface area contributed by atoms with Gasteiger partial charge in [0, 0.05) is 4.90 Å². The number of carboxylic acid groups (broad SMARTS) is 1. The highest BCUT2D eigenvalue weighted by Gasteiger charge is 2.23. The van der Waals surface area contributed by atoms with Crippen LogP contribution < -0.4 is 10.1 Å². The Bertz CT molecular complexity index is 473. The van der Waals surface area contributed by atoms with E-state index in [4.69, 9.17) is 9.84 Å². The monoisotopic (exact) mass is 311 g/mol. The third-order valence-corrected chi connectivity index (χ3v) is 3.77. The molecular weight excluding hydrogens is 290 g/mol. The van der Waals surface area contributed by atoms with Gasteiger partial charge in [0.15, 0.2) is 0 Å². The van der Waals surface area contributed by atoms with Crippen LogP contribution in [0.15, 0.2) is 29.2 Å². The van der Waals surface area contributed by atoms with Crippen molar-refractivity contribution in [1.29, 1.82) is 0 Å². The molecule has 0 radical (unpaired) electrons. The summed E-state index contributed by atoms with van der Waals surface area (Å²) < 4.78 is 5.34. The van der Waals surface area contributed by atoms with Crippen LogP contribution in [0.2, 0.25) is 0 Å². The second-order valence-corrected chi connectivity index (χ2v) is 5.87. The van der Waals surface area contributed by atoms with E-state index < -0.39 is 12.0 Å². The molecule has 0 heterocycles. The van der Waals surface area contributed by atoms with Gasteiger partial charge in [-0.3, -0.25) is 4.79 Å². The molecule has 0 saturated carbocycles. The molecule has 0 aliphatic rings. The van der Waals surface area contributed by atoms with E-state index in [9.17, 15) is 9.59 Å². The smallest absolute Gasteiger partial charge is 0.326 e. The number of carboxylic acids is 1. The van der Waals surface area contributed by atoms with Gasteiger partial charge in [0.1, 0.15) is 11.8 Å². The van der Waals surface area contributed by atoms with Crippen molar-refractivity contribution >= 4 is 23.6 Å². The fraction of sp³-hybridized carbons (Fsp3) is 0.467. The second kappa shape index (κ2) is 8.56. The van der Waals surface area contributed by atoms with Crippen LogP contribution >= 0.6 is 11.8 Å². The topological polar surface area (TPSA) is 75.6 Å². The Morgan fingerprint density at radius 1 is 1.29 bits per heavy atom. The van der Waals surface area contributed by atoms with Crippen LogP contribution in [0.3, 0.4) is 0 Å². The first-order valence-corrected chi connectivity index (χ1v) is 7.80. The summed E-state index contributed by atoms with van der Waals surface area (Å²) in [6, 6.07) is 6.59. The van der Waals surface area contributed by atoms with Gasteiger partial charge in [-0.2, -0.15) is 0 Å². The Morgan fingerprint density at radius 3 is 2.38 bits per heavy atom. The number of aliphatic carboxylic acids is 1. The zero-order chi connectivity index (χ0) is 15.8. The van der Waals surface area contributed by atoms with Gasteiger partial charge in [0.2, 0.25) is 5.91 Å². The van der Waals surface area contributed by atoms with Crippen LogP contribution in [0, 0.1) is 5.92 Å². The van der Waals surface area contributed by atoms with Crippen LogP contribution in [-0.4, -0.2) is 35.4 Å². The van der Waals surface area contributed by atoms with Crippen LogP contribution in [-0.2, 0) is 9.59 Å². The van der Waals surface area contributed by atoms with Crippen molar-refractivity contribution in [1.82, 2.24) is 5.32 Å². The summed E-state index contributed by atoms with van der Waals surface area (Å²) in [6.07, 6.45) is 0. The summed E-state index contributed by atoms with van der Waals surface area (Å²) in [5, 5.41) is 11.6. The van der Waals surface area contributed by atoms with E-state index in [0.717, 1.165) is 10.6 Å². The summed E-state index contributed by atoms with van der Waals surface area (Å²) >= 11 is 1.36. The van der Waals surface area contributed by atoms with Crippen molar-refractivity contribution < 1.29 is 19.4 Å². The SMILES string of the molecule is CCOc1ccc(SCC(=O)NC(C(=O)O)C(C)C)cc1. The summed E-state index contributed by atoms with van der Waals surface area (Å²) in [5.74, 6) is -0.469. The molecule has 0 aromatic heterocycles. The molecule has 1 aromatic carbocycles. The maximum atomic E-state index is 11.8. The minimum absolute atomic E-state index is 0.151. The molecule has 1 atom stereocenters. The zero-order valence-electron chi connectivity index (χ0n) is 12.5. The maximum absolute atomic E-state index is 11.8. The average molecular weight is 311 g/mol. The zero-order valence-corrected chi connectivity index (χ0v) is 13.3. The quantitative estimate of drug-likeness (QED) is 0.721. The van der Waals surface area contributed by atoms with E-state index in [1.165, 1.54) is 11.8 Å². The van der Waals surface area contributed by atoms with Gasteiger partial charge in [-0.15, -0.1) is 11.8 Å². The summed E-state index contributed by atoms with van der Waals surface area (Å²) in [4.78, 5) is 23.7. The number of thioether (sulfide) groups is 1. The van der Waals surface area contributed by atoms with Crippen LogP contribution in [0.5, 0.6) is 5.75 Å². The van der Waals surface area contributed by atoms with Gasteiger partial charge in [-0.1, -0.05) is 13.8 Å². The standard InChI is InChI=1S/C15H21NO4S/c1-4-20-11-5-7-12(8-6-11)21-9-13(17)16-14(10(2)3)15(18)19/h5-8,10,14H,4,9H2,1-3H3,(H,16,17)(H,18,19). The van der Waals surface area contributed by atoms with Gasteiger partial charge >= 0.3 is 5.97 Å². The number of hydrogen-bond acceptors (Lipinski definition) is 4. The Hall–Kier alpha value is -1.69. The number of nitrogens with one attached hydrogen (secondary N) is 1. The molecule has 0 aliphatic carbocycles.